The Kier molecular flexibility index (Phi) is 15.1. The van der Waals surface area contributed by atoms with Crippen molar-refractivity contribution in [3.8, 4) is 68.7 Å². The number of ether oxygens (including phenoxy) is 2. The molecule has 0 unspecified atom stereocenters. The van der Waals surface area contributed by atoms with Crippen molar-refractivity contribution in [1.82, 2.24) is 4.49 Å². The molecule has 1 N–H and O–H groups in total. The largest absolute Gasteiger partial charge is 0.526 e. The lowest BCUT2D eigenvalue weighted by Crippen LogP contribution is -2.25. The van der Waals surface area contributed by atoms with Gasteiger partial charge in [0.15, 0.2) is 0 Å². The first-order valence-corrected chi connectivity index (χ1v) is 23.6. The maximum absolute atomic E-state index is 14.4. The number of benzene rings is 5. The fourth-order valence-corrected chi connectivity index (χ4v) is 10.1. The van der Waals surface area contributed by atoms with Crippen molar-refractivity contribution in [1.29, 1.82) is 0 Å². The van der Waals surface area contributed by atoms with Gasteiger partial charge in [0.05, 0.1) is 18.1 Å². The predicted molar refractivity (Wildman–Crippen MR) is 234 cm³/mol. The van der Waals surface area contributed by atoms with E-state index in [1.165, 1.54) is 75.6 Å². The van der Waals surface area contributed by atoms with Gasteiger partial charge in [-0.2, -0.15) is 0 Å². The van der Waals surface area contributed by atoms with Crippen LogP contribution < -0.4 is 23.0 Å². The van der Waals surface area contributed by atoms with E-state index in [2.05, 4.69) is 24.3 Å². The standard InChI is InChI=1S/C48H54NO7PS/c1-4-7-9-11-13-15-33-53-42-25-19-38(20-26-42)40-23-31-47-45(35-40)46-36-41(39-21-27-43(28-22-39)54-34-16-14-12-10-8-5-2)24-32-48(46)56-57(50,55-47)49-58(51,52)44-29-17-37(6-3)18-30-44/h3,17-32,35-36H,4-5,7-16,33-34H2,1-2H3,(H,49,50). The lowest BCUT2D eigenvalue weighted by Gasteiger charge is -2.19. The Bertz CT molecular complexity index is 2180. The molecule has 10 heteroatoms. The van der Waals surface area contributed by atoms with Gasteiger partial charge >= 0.3 is 7.75 Å². The number of rotatable bonds is 21. The topological polar surface area (TPSA) is 100 Å². The van der Waals surface area contributed by atoms with Crippen LogP contribution in [0.1, 0.15) is 96.5 Å². The van der Waals surface area contributed by atoms with Gasteiger partial charge in [-0.3, -0.25) is 0 Å². The Morgan fingerprint density at radius 3 is 1.41 bits per heavy atom. The number of unbranched alkanes of at least 4 members (excludes halogenated alkanes) is 10. The molecule has 0 spiro atoms. The summed E-state index contributed by atoms with van der Waals surface area (Å²) in [7, 11) is -8.93. The highest BCUT2D eigenvalue weighted by Crippen LogP contribution is 2.55. The first-order chi connectivity index (χ1) is 28.2. The van der Waals surface area contributed by atoms with Crippen molar-refractivity contribution in [2.75, 3.05) is 13.2 Å². The van der Waals surface area contributed by atoms with Crippen LogP contribution in [0.25, 0.3) is 33.4 Å². The van der Waals surface area contributed by atoms with Crippen LogP contribution in [0.3, 0.4) is 0 Å². The summed E-state index contributed by atoms with van der Waals surface area (Å²) >= 11 is 0. The third-order valence-corrected chi connectivity index (χ3v) is 13.8. The van der Waals surface area contributed by atoms with E-state index in [0.717, 1.165) is 59.4 Å². The molecule has 1 aliphatic rings. The van der Waals surface area contributed by atoms with E-state index in [9.17, 15) is 13.0 Å². The van der Waals surface area contributed by atoms with Crippen LogP contribution in [-0.2, 0) is 14.6 Å². The highest BCUT2D eigenvalue weighted by Gasteiger charge is 2.39. The van der Waals surface area contributed by atoms with E-state index in [0.29, 0.717) is 29.9 Å². The fourth-order valence-electron chi connectivity index (χ4n) is 6.88. The highest BCUT2D eigenvalue weighted by molar-refractivity contribution is 7.94. The van der Waals surface area contributed by atoms with Crippen LogP contribution in [0.4, 0.5) is 0 Å². The summed E-state index contributed by atoms with van der Waals surface area (Å²) in [6, 6.07) is 32.5. The molecule has 0 saturated carbocycles. The minimum Gasteiger partial charge on any atom is -0.494 e. The molecule has 6 rings (SSSR count). The first-order valence-electron chi connectivity index (χ1n) is 20.5. The minimum absolute atomic E-state index is 0.136. The van der Waals surface area contributed by atoms with Crippen molar-refractivity contribution in [2.45, 2.75) is 95.8 Å². The molecule has 0 fully saturated rings. The second-order valence-electron chi connectivity index (χ2n) is 14.6. The zero-order valence-corrected chi connectivity index (χ0v) is 35.3. The van der Waals surface area contributed by atoms with Crippen LogP contribution in [0.5, 0.6) is 23.0 Å². The van der Waals surface area contributed by atoms with Gasteiger partial charge in [-0.1, -0.05) is 125 Å². The van der Waals surface area contributed by atoms with E-state index < -0.39 is 17.8 Å². The second-order valence-corrected chi connectivity index (χ2v) is 18.2. The third-order valence-electron chi connectivity index (χ3n) is 10.2. The number of hydrogen-bond donors (Lipinski definition) is 1. The van der Waals surface area contributed by atoms with E-state index in [1.807, 2.05) is 72.8 Å². The van der Waals surface area contributed by atoms with Gasteiger partial charge in [0.1, 0.15) is 23.0 Å². The first kappa shape index (κ1) is 42.6. The maximum atomic E-state index is 14.4. The van der Waals surface area contributed by atoms with Gasteiger partial charge in [-0.25, -0.2) is 13.0 Å². The van der Waals surface area contributed by atoms with E-state index in [1.54, 1.807) is 12.1 Å². The average Bonchev–Trinajstić information content (AvgIpc) is 3.35. The van der Waals surface area contributed by atoms with Crippen LogP contribution in [0.2, 0.25) is 0 Å². The normalized spacial score (nSPS) is 12.9. The van der Waals surface area contributed by atoms with Gasteiger partial charge in [0.25, 0.3) is 10.0 Å². The molecular weight excluding hydrogens is 766 g/mol. The van der Waals surface area contributed by atoms with Crippen molar-refractivity contribution in [2.24, 2.45) is 0 Å². The third kappa shape index (κ3) is 11.6. The summed E-state index contributed by atoms with van der Waals surface area (Å²) in [6.45, 7) is 5.80. The van der Waals surface area contributed by atoms with Crippen molar-refractivity contribution in [3.05, 3.63) is 115 Å². The fraction of sp³-hybridized carbons (Fsp3) is 0.333. The minimum atomic E-state index is -4.57. The molecule has 58 heavy (non-hydrogen) atoms. The molecule has 0 bridgehead atoms. The smallest absolute Gasteiger partial charge is 0.494 e. The van der Waals surface area contributed by atoms with Crippen molar-refractivity contribution >= 4 is 17.8 Å². The molecule has 1 heterocycles. The van der Waals surface area contributed by atoms with Crippen LogP contribution in [0, 0.1) is 12.3 Å². The van der Waals surface area contributed by atoms with Crippen molar-refractivity contribution < 1.29 is 31.5 Å². The molecule has 304 valence electrons. The van der Waals surface area contributed by atoms with Crippen molar-refractivity contribution in [3.63, 3.8) is 0 Å². The molecule has 0 atom stereocenters. The molecule has 5 aromatic rings. The Labute approximate surface area is 345 Å². The molecule has 0 aromatic heterocycles. The number of fused-ring (bicyclic) bond motifs is 3. The Morgan fingerprint density at radius 2 is 0.983 bits per heavy atom. The van der Waals surface area contributed by atoms with E-state index in [4.69, 9.17) is 24.9 Å². The molecule has 0 aliphatic carbocycles. The maximum Gasteiger partial charge on any atom is 0.526 e. The Hall–Kier alpha value is -5.00. The molecule has 0 amide bonds. The van der Waals surface area contributed by atoms with Crippen LogP contribution in [-0.4, -0.2) is 21.6 Å². The average molecular weight is 820 g/mol. The molecule has 0 saturated heterocycles. The Balaban J connectivity index is 1.26. The SMILES string of the molecule is C#Cc1ccc(S(=O)(=O)NP2(=O)Oc3ccc(-c4ccc(OCCCCCCCC)cc4)cc3-c3cc(-c4ccc(OCCCCCCCC)cc4)ccc3O2)cc1. The summed E-state index contributed by atoms with van der Waals surface area (Å²) in [6.07, 6.45) is 19.9. The van der Waals surface area contributed by atoms with Gasteiger partial charge in [0.2, 0.25) is 0 Å². The monoisotopic (exact) mass is 819 g/mol. The lowest BCUT2D eigenvalue weighted by atomic mass is 9.94. The summed E-state index contributed by atoms with van der Waals surface area (Å²) < 4.78 is 67.8. The summed E-state index contributed by atoms with van der Waals surface area (Å²) in [5.74, 6) is 4.48. The summed E-state index contributed by atoms with van der Waals surface area (Å²) in [4.78, 5) is -0.136. The van der Waals surface area contributed by atoms with E-state index >= 15 is 0 Å². The van der Waals surface area contributed by atoms with E-state index in [-0.39, 0.29) is 16.4 Å². The molecular formula is C48H54NO7PS. The molecule has 5 aromatic carbocycles. The van der Waals surface area contributed by atoms with Gasteiger partial charge in [-0.15, -0.1) is 6.42 Å². The predicted octanol–water partition coefficient (Wildman–Crippen LogP) is 13.0. The summed E-state index contributed by atoms with van der Waals surface area (Å²) in [5, 5.41) is 0. The molecule has 0 radical (unpaired) electrons. The van der Waals surface area contributed by atoms with Crippen LogP contribution >= 0.6 is 7.75 Å². The molecule has 1 aliphatic heterocycles. The number of sulfonamides is 1. The zero-order chi connectivity index (χ0) is 40.8. The number of terminal acetylenes is 1. The van der Waals surface area contributed by atoms with Gasteiger partial charge in [-0.05, 0) is 108 Å². The second kappa shape index (κ2) is 20.6. The quantitative estimate of drug-likeness (QED) is 0.0447. The number of nitrogens with one attached hydrogen (secondary N) is 1. The summed E-state index contributed by atoms with van der Waals surface area (Å²) in [5.41, 5.74) is 5.31. The van der Waals surface area contributed by atoms with Crippen LogP contribution in [0.15, 0.2) is 114 Å². The van der Waals surface area contributed by atoms with Gasteiger partial charge < -0.3 is 18.5 Å². The lowest BCUT2D eigenvalue weighted by molar-refractivity contribution is 0.304. The molecule has 8 nitrogen and oxygen atoms in total. The zero-order valence-electron chi connectivity index (χ0n) is 33.6. The Morgan fingerprint density at radius 1 is 0.569 bits per heavy atom. The van der Waals surface area contributed by atoms with Gasteiger partial charge in [0, 0.05) is 16.7 Å². The highest BCUT2D eigenvalue weighted by atomic mass is 32.2. The number of hydrogen-bond acceptors (Lipinski definition) is 7.